The van der Waals surface area contributed by atoms with Crippen molar-refractivity contribution in [3.63, 3.8) is 0 Å². The fraction of sp³-hybridized carbons (Fsp3) is 0.462. The van der Waals surface area contributed by atoms with Crippen molar-refractivity contribution in [2.45, 2.75) is 38.1 Å². The molecule has 0 saturated heterocycles. The van der Waals surface area contributed by atoms with E-state index in [2.05, 4.69) is 5.32 Å². The van der Waals surface area contributed by atoms with E-state index in [0.717, 1.165) is 12.8 Å². The van der Waals surface area contributed by atoms with Crippen LogP contribution in [0.25, 0.3) is 0 Å². The molecule has 0 bridgehead atoms. The number of aromatic hydroxyl groups is 2. The largest absolute Gasteiger partial charge is 0.508 e. The first-order valence-electron chi connectivity index (χ1n) is 5.99. The molecule has 92 valence electrons. The van der Waals surface area contributed by atoms with Crippen LogP contribution in [0.4, 0.5) is 0 Å². The highest BCUT2D eigenvalue weighted by molar-refractivity contribution is 7.80. The van der Waals surface area contributed by atoms with E-state index in [4.69, 9.17) is 12.2 Å². The van der Waals surface area contributed by atoms with Crippen molar-refractivity contribution in [1.82, 2.24) is 5.32 Å². The second kappa shape index (κ2) is 5.36. The number of benzene rings is 1. The number of hydrogen-bond acceptors (Lipinski definition) is 3. The van der Waals surface area contributed by atoms with Gasteiger partial charge in [0.1, 0.15) is 16.5 Å². The topological polar surface area (TPSA) is 52.5 Å². The first-order chi connectivity index (χ1) is 8.16. The Labute approximate surface area is 106 Å². The van der Waals surface area contributed by atoms with Crippen LogP contribution in [0, 0.1) is 0 Å². The molecule has 3 N–H and O–H groups in total. The van der Waals surface area contributed by atoms with Crippen LogP contribution < -0.4 is 5.32 Å². The van der Waals surface area contributed by atoms with Crippen molar-refractivity contribution >= 4 is 17.2 Å². The maximum Gasteiger partial charge on any atom is 0.129 e. The SMILES string of the molecule is Oc1ccc(C(=S)NC2CCCCC2)c(O)c1. The zero-order valence-corrected chi connectivity index (χ0v) is 10.5. The van der Waals surface area contributed by atoms with Gasteiger partial charge in [-0.05, 0) is 25.0 Å². The molecule has 0 amide bonds. The third-order valence-electron chi connectivity index (χ3n) is 3.17. The molecule has 1 aromatic carbocycles. The van der Waals surface area contributed by atoms with Crippen molar-refractivity contribution < 1.29 is 10.2 Å². The molecule has 4 heteroatoms. The molecule has 1 fully saturated rings. The summed E-state index contributed by atoms with van der Waals surface area (Å²) in [6, 6.07) is 4.90. The number of phenolic OH excluding ortho intramolecular Hbond substituents is 2. The second-order valence-electron chi connectivity index (χ2n) is 4.51. The highest BCUT2D eigenvalue weighted by Gasteiger charge is 2.16. The van der Waals surface area contributed by atoms with Gasteiger partial charge in [0.05, 0.1) is 5.56 Å². The predicted octanol–water partition coefficient (Wildman–Crippen LogP) is 2.70. The van der Waals surface area contributed by atoms with Gasteiger partial charge in [-0.1, -0.05) is 31.5 Å². The summed E-state index contributed by atoms with van der Waals surface area (Å²) in [6.45, 7) is 0. The van der Waals surface area contributed by atoms with Crippen LogP contribution in [0.2, 0.25) is 0 Å². The summed E-state index contributed by atoms with van der Waals surface area (Å²) >= 11 is 5.28. The van der Waals surface area contributed by atoms with Crippen LogP contribution in [0.3, 0.4) is 0 Å². The minimum Gasteiger partial charge on any atom is -0.508 e. The summed E-state index contributed by atoms with van der Waals surface area (Å²) in [5.74, 6) is 0.0741. The molecule has 0 unspecified atom stereocenters. The average molecular weight is 251 g/mol. The Morgan fingerprint density at radius 2 is 1.88 bits per heavy atom. The molecule has 1 saturated carbocycles. The molecule has 1 aromatic rings. The number of phenols is 2. The van der Waals surface area contributed by atoms with Crippen molar-refractivity contribution in [1.29, 1.82) is 0 Å². The van der Waals surface area contributed by atoms with Crippen LogP contribution in [0.5, 0.6) is 11.5 Å². The fourth-order valence-corrected chi connectivity index (χ4v) is 2.56. The maximum absolute atomic E-state index is 9.70. The van der Waals surface area contributed by atoms with Crippen molar-refractivity contribution in [2.75, 3.05) is 0 Å². The monoisotopic (exact) mass is 251 g/mol. The molecule has 0 aromatic heterocycles. The normalized spacial score (nSPS) is 16.7. The summed E-state index contributed by atoms with van der Waals surface area (Å²) in [5, 5.41) is 22.2. The summed E-state index contributed by atoms with van der Waals surface area (Å²) < 4.78 is 0. The molecule has 17 heavy (non-hydrogen) atoms. The third kappa shape index (κ3) is 3.09. The van der Waals surface area contributed by atoms with E-state index in [1.165, 1.54) is 31.4 Å². The van der Waals surface area contributed by atoms with Crippen LogP contribution in [-0.2, 0) is 0 Å². The molecule has 3 nitrogen and oxygen atoms in total. The van der Waals surface area contributed by atoms with Gasteiger partial charge < -0.3 is 15.5 Å². The lowest BCUT2D eigenvalue weighted by Gasteiger charge is -2.24. The Morgan fingerprint density at radius 1 is 1.18 bits per heavy atom. The van der Waals surface area contributed by atoms with E-state index < -0.39 is 0 Å². The fourth-order valence-electron chi connectivity index (χ4n) is 2.22. The number of thiocarbonyl (C=S) groups is 1. The first kappa shape index (κ1) is 12.2. The third-order valence-corrected chi connectivity index (χ3v) is 3.50. The second-order valence-corrected chi connectivity index (χ2v) is 4.92. The van der Waals surface area contributed by atoms with Gasteiger partial charge in [0.25, 0.3) is 0 Å². The van der Waals surface area contributed by atoms with E-state index in [0.29, 0.717) is 16.6 Å². The van der Waals surface area contributed by atoms with Gasteiger partial charge in [0.15, 0.2) is 0 Å². The van der Waals surface area contributed by atoms with Crippen molar-refractivity contribution in [3.8, 4) is 11.5 Å². The molecule has 0 heterocycles. The maximum atomic E-state index is 9.70. The van der Waals surface area contributed by atoms with Crippen LogP contribution in [0.15, 0.2) is 18.2 Å². The Hall–Kier alpha value is -1.29. The predicted molar refractivity (Wildman–Crippen MR) is 71.5 cm³/mol. The van der Waals surface area contributed by atoms with Gasteiger partial charge >= 0.3 is 0 Å². The van der Waals surface area contributed by atoms with Crippen LogP contribution >= 0.6 is 12.2 Å². The van der Waals surface area contributed by atoms with Gasteiger partial charge in [0.2, 0.25) is 0 Å². The van der Waals surface area contributed by atoms with Crippen LogP contribution in [0.1, 0.15) is 37.7 Å². The zero-order valence-electron chi connectivity index (χ0n) is 9.65. The summed E-state index contributed by atoms with van der Waals surface area (Å²) in [7, 11) is 0. The number of rotatable bonds is 2. The van der Waals surface area contributed by atoms with Crippen molar-refractivity contribution in [2.24, 2.45) is 0 Å². The van der Waals surface area contributed by atoms with Gasteiger partial charge in [-0.15, -0.1) is 0 Å². The standard InChI is InChI=1S/C13H17NO2S/c15-10-6-7-11(12(16)8-10)13(17)14-9-4-2-1-3-5-9/h6-9,15-16H,1-5H2,(H,14,17). The Bertz CT molecular complexity index is 414. The smallest absolute Gasteiger partial charge is 0.129 e. The lowest BCUT2D eigenvalue weighted by molar-refractivity contribution is 0.414. The van der Waals surface area contributed by atoms with E-state index in [9.17, 15) is 10.2 Å². The number of nitrogens with one attached hydrogen (secondary N) is 1. The summed E-state index contributed by atoms with van der Waals surface area (Å²) in [4.78, 5) is 0.564. The zero-order chi connectivity index (χ0) is 12.3. The van der Waals surface area contributed by atoms with E-state index >= 15 is 0 Å². The molecule has 1 aliphatic carbocycles. The lowest BCUT2D eigenvalue weighted by atomic mass is 9.95. The molecule has 0 atom stereocenters. The molecule has 0 aliphatic heterocycles. The molecular weight excluding hydrogens is 234 g/mol. The quantitative estimate of drug-likeness (QED) is 0.707. The highest BCUT2D eigenvalue weighted by atomic mass is 32.1. The van der Waals surface area contributed by atoms with Crippen LogP contribution in [-0.4, -0.2) is 21.2 Å². The van der Waals surface area contributed by atoms with E-state index in [1.54, 1.807) is 6.07 Å². The lowest BCUT2D eigenvalue weighted by Crippen LogP contribution is -2.35. The minimum absolute atomic E-state index is 0.0262. The molecule has 1 aliphatic rings. The van der Waals surface area contributed by atoms with Gasteiger partial charge in [-0.2, -0.15) is 0 Å². The minimum atomic E-state index is 0.0262. The summed E-state index contributed by atoms with van der Waals surface area (Å²) in [5.41, 5.74) is 0.586. The van der Waals surface area contributed by atoms with Gasteiger partial charge in [-0.3, -0.25) is 0 Å². The van der Waals surface area contributed by atoms with Crippen molar-refractivity contribution in [3.05, 3.63) is 23.8 Å². The number of hydrogen-bond donors (Lipinski definition) is 3. The Morgan fingerprint density at radius 3 is 2.53 bits per heavy atom. The van der Waals surface area contributed by atoms with Gasteiger partial charge in [-0.25, -0.2) is 0 Å². The molecule has 0 spiro atoms. The summed E-state index contributed by atoms with van der Waals surface area (Å²) in [6.07, 6.45) is 6.05. The van der Waals surface area contributed by atoms with E-state index in [1.807, 2.05) is 0 Å². The Balaban J connectivity index is 2.03. The van der Waals surface area contributed by atoms with Gasteiger partial charge in [0, 0.05) is 12.1 Å². The van der Waals surface area contributed by atoms with E-state index in [-0.39, 0.29) is 11.5 Å². The molecule has 2 rings (SSSR count). The molecular formula is C13H17NO2S. The first-order valence-corrected chi connectivity index (χ1v) is 6.40. The highest BCUT2D eigenvalue weighted by Crippen LogP contribution is 2.24. The molecule has 0 radical (unpaired) electrons. The Kier molecular flexibility index (Phi) is 3.84. The average Bonchev–Trinajstić information content (AvgIpc) is 2.30.